The summed E-state index contributed by atoms with van der Waals surface area (Å²) in [5.41, 5.74) is 0.382. The zero-order chi connectivity index (χ0) is 19.2. The van der Waals surface area contributed by atoms with Gasteiger partial charge < -0.3 is 5.32 Å². The number of carbonyl (C=O) groups excluding carboxylic acids is 1. The van der Waals surface area contributed by atoms with Crippen LogP contribution in [0.15, 0.2) is 47.4 Å². The molecule has 0 radical (unpaired) electrons. The van der Waals surface area contributed by atoms with E-state index in [1.165, 1.54) is 30.3 Å². The van der Waals surface area contributed by atoms with Crippen molar-refractivity contribution in [3.05, 3.63) is 58.9 Å². The van der Waals surface area contributed by atoms with Crippen LogP contribution in [0.25, 0.3) is 0 Å². The lowest BCUT2D eigenvalue weighted by Crippen LogP contribution is -2.24. The lowest BCUT2D eigenvalue weighted by molar-refractivity contribution is 0.0952. The van der Waals surface area contributed by atoms with E-state index in [0.29, 0.717) is 6.54 Å². The summed E-state index contributed by atoms with van der Waals surface area (Å²) in [5, 5.41) is 2.57. The SMILES string of the molecule is CCCCCNC(=O)c1cccc(S(=O)(=O)Nc2ccc(F)c(Cl)c2)c1. The van der Waals surface area contributed by atoms with Crippen LogP contribution in [0.3, 0.4) is 0 Å². The molecule has 2 rings (SSSR count). The highest BCUT2D eigenvalue weighted by atomic mass is 35.5. The normalized spacial score (nSPS) is 11.2. The van der Waals surface area contributed by atoms with Crippen molar-refractivity contribution in [2.75, 3.05) is 11.3 Å². The first-order valence-corrected chi connectivity index (χ1v) is 10.1. The van der Waals surface area contributed by atoms with Gasteiger partial charge in [-0.05, 0) is 42.8 Å². The topological polar surface area (TPSA) is 75.3 Å². The van der Waals surface area contributed by atoms with Crippen LogP contribution in [0.5, 0.6) is 0 Å². The molecule has 0 unspecified atom stereocenters. The Morgan fingerprint density at radius 1 is 1.15 bits per heavy atom. The van der Waals surface area contributed by atoms with Crippen LogP contribution in [-0.2, 0) is 10.0 Å². The maximum absolute atomic E-state index is 13.2. The second-order valence-corrected chi connectivity index (χ2v) is 7.81. The van der Waals surface area contributed by atoms with E-state index in [-0.39, 0.29) is 27.1 Å². The Morgan fingerprint density at radius 2 is 1.92 bits per heavy atom. The minimum absolute atomic E-state index is 0.0702. The summed E-state index contributed by atoms with van der Waals surface area (Å²) < 4.78 is 40.5. The van der Waals surface area contributed by atoms with Crippen LogP contribution < -0.4 is 10.0 Å². The highest BCUT2D eigenvalue weighted by molar-refractivity contribution is 7.92. The summed E-state index contributed by atoms with van der Waals surface area (Å²) in [5.74, 6) is -0.973. The number of sulfonamides is 1. The summed E-state index contributed by atoms with van der Waals surface area (Å²) >= 11 is 5.66. The largest absolute Gasteiger partial charge is 0.352 e. The maximum Gasteiger partial charge on any atom is 0.261 e. The average Bonchev–Trinajstić information content (AvgIpc) is 2.61. The number of rotatable bonds is 8. The van der Waals surface area contributed by atoms with E-state index in [0.717, 1.165) is 25.3 Å². The van der Waals surface area contributed by atoms with Crippen molar-refractivity contribution in [1.82, 2.24) is 5.32 Å². The standard InChI is InChI=1S/C18H20ClFN2O3S/c1-2-3-4-10-21-18(23)13-6-5-7-15(11-13)26(24,25)22-14-8-9-17(20)16(19)12-14/h5-9,11-12,22H,2-4,10H2,1H3,(H,21,23). The van der Waals surface area contributed by atoms with Crippen LogP contribution in [0.1, 0.15) is 36.5 Å². The zero-order valence-electron chi connectivity index (χ0n) is 14.3. The van der Waals surface area contributed by atoms with Gasteiger partial charge in [0.1, 0.15) is 5.82 Å². The van der Waals surface area contributed by atoms with Gasteiger partial charge in [-0.3, -0.25) is 9.52 Å². The Bertz CT molecular complexity index is 888. The number of benzene rings is 2. The van der Waals surface area contributed by atoms with Crippen molar-refractivity contribution in [3.63, 3.8) is 0 Å². The highest BCUT2D eigenvalue weighted by Crippen LogP contribution is 2.22. The van der Waals surface area contributed by atoms with Gasteiger partial charge in [0.05, 0.1) is 15.6 Å². The first kappa shape index (κ1) is 20.2. The molecule has 0 saturated heterocycles. The van der Waals surface area contributed by atoms with E-state index < -0.39 is 15.8 Å². The Balaban J connectivity index is 2.14. The minimum Gasteiger partial charge on any atom is -0.352 e. The first-order valence-electron chi connectivity index (χ1n) is 8.19. The molecule has 0 heterocycles. The Hall–Kier alpha value is -2.12. The van der Waals surface area contributed by atoms with Crippen LogP contribution in [0, 0.1) is 5.82 Å². The van der Waals surface area contributed by atoms with Crippen molar-refractivity contribution in [3.8, 4) is 0 Å². The van der Waals surface area contributed by atoms with Gasteiger partial charge in [0.25, 0.3) is 15.9 Å². The van der Waals surface area contributed by atoms with Gasteiger partial charge in [-0.15, -0.1) is 0 Å². The third-order valence-electron chi connectivity index (χ3n) is 3.64. The lowest BCUT2D eigenvalue weighted by atomic mass is 10.2. The number of hydrogen-bond acceptors (Lipinski definition) is 3. The number of carbonyl (C=O) groups is 1. The van der Waals surface area contributed by atoms with E-state index in [9.17, 15) is 17.6 Å². The number of amides is 1. The molecule has 2 aromatic carbocycles. The molecule has 0 aromatic heterocycles. The summed E-state index contributed by atoms with van der Waals surface area (Å²) in [6, 6.07) is 9.22. The molecule has 0 fully saturated rings. The summed E-state index contributed by atoms with van der Waals surface area (Å²) in [6.45, 7) is 2.60. The monoisotopic (exact) mass is 398 g/mol. The molecule has 0 aliphatic heterocycles. The van der Waals surface area contributed by atoms with Crippen LogP contribution in [0.2, 0.25) is 5.02 Å². The van der Waals surface area contributed by atoms with Gasteiger partial charge in [-0.1, -0.05) is 37.4 Å². The fraction of sp³-hybridized carbons (Fsp3) is 0.278. The predicted octanol–water partition coefficient (Wildman–Crippen LogP) is 4.20. The van der Waals surface area contributed by atoms with Gasteiger partial charge in [0.15, 0.2) is 0 Å². The molecule has 2 aromatic rings. The molecule has 0 atom stereocenters. The number of anilines is 1. The quantitative estimate of drug-likeness (QED) is 0.654. The van der Waals surface area contributed by atoms with Gasteiger partial charge >= 0.3 is 0 Å². The van der Waals surface area contributed by atoms with Gasteiger partial charge in [0.2, 0.25) is 0 Å². The molecule has 2 N–H and O–H groups in total. The van der Waals surface area contributed by atoms with E-state index in [4.69, 9.17) is 11.6 Å². The molecule has 26 heavy (non-hydrogen) atoms. The first-order chi connectivity index (χ1) is 12.3. The number of nitrogens with one attached hydrogen (secondary N) is 2. The smallest absolute Gasteiger partial charge is 0.261 e. The van der Waals surface area contributed by atoms with Gasteiger partial charge in [0, 0.05) is 12.1 Å². The summed E-state index contributed by atoms with van der Waals surface area (Å²) in [7, 11) is -3.94. The Labute approximate surface area is 157 Å². The van der Waals surface area contributed by atoms with Crippen molar-refractivity contribution in [2.24, 2.45) is 0 Å². The maximum atomic E-state index is 13.2. The van der Waals surface area contributed by atoms with E-state index >= 15 is 0 Å². The Morgan fingerprint density at radius 3 is 2.62 bits per heavy atom. The molecule has 0 saturated carbocycles. The highest BCUT2D eigenvalue weighted by Gasteiger charge is 2.17. The molecule has 1 amide bonds. The molecular weight excluding hydrogens is 379 g/mol. The molecule has 0 spiro atoms. The van der Waals surface area contributed by atoms with Crippen LogP contribution in [0.4, 0.5) is 10.1 Å². The predicted molar refractivity (Wildman–Crippen MR) is 101 cm³/mol. The minimum atomic E-state index is -3.94. The number of halogens is 2. The second kappa shape index (κ2) is 9.00. The molecule has 0 bridgehead atoms. The zero-order valence-corrected chi connectivity index (χ0v) is 15.8. The molecule has 0 aliphatic carbocycles. The molecular formula is C18H20ClFN2O3S. The molecule has 0 aliphatic rings. The Kier molecular flexibility index (Phi) is 6.99. The number of hydrogen-bond donors (Lipinski definition) is 2. The van der Waals surface area contributed by atoms with E-state index in [2.05, 4.69) is 17.0 Å². The average molecular weight is 399 g/mol. The number of unbranched alkanes of at least 4 members (excludes halogenated alkanes) is 2. The summed E-state index contributed by atoms with van der Waals surface area (Å²) in [6.07, 6.45) is 2.93. The van der Waals surface area contributed by atoms with Gasteiger partial charge in [-0.2, -0.15) is 0 Å². The fourth-order valence-electron chi connectivity index (χ4n) is 2.26. The second-order valence-electron chi connectivity index (χ2n) is 5.73. The van der Waals surface area contributed by atoms with Crippen LogP contribution in [-0.4, -0.2) is 20.9 Å². The van der Waals surface area contributed by atoms with Crippen molar-refractivity contribution >= 4 is 33.2 Å². The summed E-state index contributed by atoms with van der Waals surface area (Å²) in [4.78, 5) is 12.1. The van der Waals surface area contributed by atoms with Gasteiger partial charge in [-0.25, -0.2) is 12.8 Å². The van der Waals surface area contributed by atoms with E-state index in [1.54, 1.807) is 6.07 Å². The molecule has 5 nitrogen and oxygen atoms in total. The molecule has 8 heteroatoms. The third-order valence-corrected chi connectivity index (χ3v) is 5.31. The van der Waals surface area contributed by atoms with Crippen molar-refractivity contribution in [2.45, 2.75) is 31.1 Å². The van der Waals surface area contributed by atoms with Crippen molar-refractivity contribution in [1.29, 1.82) is 0 Å². The van der Waals surface area contributed by atoms with Crippen molar-refractivity contribution < 1.29 is 17.6 Å². The third kappa shape index (κ3) is 5.44. The van der Waals surface area contributed by atoms with E-state index in [1.807, 2.05) is 0 Å². The molecule has 140 valence electrons. The van der Waals surface area contributed by atoms with Crippen LogP contribution >= 0.6 is 11.6 Å². The fourth-order valence-corrected chi connectivity index (χ4v) is 3.53. The lowest BCUT2D eigenvalue weighted by Gasteiger charge is -2.10.